The third kappa shape index (κ3) is 4.98. The zero-order valence-corrected chi connectivity index (χ0v) is 16.8. The van der Waals surface area contributed by atoms with Gasteiger partial charge in [0, 0.05) is 31.0 Å². The van der Waals surface area contributed by atoms with Crippen LogP contribution in [0.5, 0.6) is 0 Å². The van der Waals surface area contributed by atoms with Gasteiger partial charge in [-0.25, -0.2) is 0 Å². The van der Waals surface area contributed by atoms with E-state index >= 15 is 0 Å². The molecule has 0 unspecified atom stereocenters. The lowest BCUT2D eigenvalue weighted by Crippen LogP contribution is -2.47. The first-order valence-electron chi connectivity index (χ1n) is 9.80. The minimum Gasteiger partial charge on any atom is -0.355 e. The first-order chi connectivity index (χ1) is 13.4. The number of anilines is 1. The molecule has 0 radical (unpaired) electrons. The molecule has 7 nitrogen and oxygen atoms in total. The van der Waals surface area contributed by atoms with Crippen LogP contribution in [0.15, 0.2) is 24.3 Å². The number of hydrogen-bond acceptors (Lipinski definition) is 4. The molecule has 0 aliphatic carbocycles. The molecule has 1 aromatic carbocycles. The third-order valence-corrected chi connectivity index (χ3v) is 5.37. The van der Waals surface area contributed by atoms with Gasteiger partial charge in [-0.3, -0.25) is 14.7 Å². The van der Waals surface area contributed by atoms with Crippen LogP contribution in [-0.2, 0) is 16.0 Å². The molecule has 1 aliphatic rings. The maximum Gasteiger partial charge on any atom is 0.228 e. The van der Waals surface area contributed by atoms with Gasteiger partial charge in [0.05, 0.1) is 17.5 Å². The van der Waals surface area contributed by atoms with Gasteiger partial charge in [0.15, 0.2) is 0 Å². The number of aryl methyl sites for hydroxylation is 3. The molecular formula is C21H29N5O2. The van der Waals surface area contributed by atoms with Gasteiger partial charge in [0.1, 0.15) is 0 Å². The Morgan fingerprint density at radius 1 is 1.07 bits per heavy atom. The summed E-state index contributed by atoms with van der Waals surface area (Å²) in [6, 6.07) is 7.73. The van der Waals surface area contributed by atoms with E-state index in [1.165, 1.54) is 0 Å². The topological polar surface area (TPSA) is 98.9 Å². The fraction of sp³-hybridized carbons (Fsp3) is 0.476. The number of carbonyl (C=O) groups excluding carboxylic acids is 2. The van der Waals surface area contributed by atoms with Gasteiger partial charge >= 0.3 is 0 Å². The molecule has 1 fully saturated rings. The van der Waals surface area contributed by atoms with Crippen LogP contribution in [0.25, 0.3) is 0 Å². The van der Waals surface area contributed by atoms with Crippen LogP contribution in [0.4, 0.5) is 5.69 Å². The van der Waals surface area contributed by atoms with E-state index in [-0.39, 0.29) is 23.7 Å². The van der Waals surface area contributed by atoms with Crippen LogP contribution in [-0.4, -0.2) is 41.6 Å². The minimum absolute atomic E-state index is 0.000799. The van der Waals surface area contributed by atoms with E-state index in [1.807, 2.05) is 45.0 Å². The Balaban J connectivity index is 1.48. The zero-order chi connectivity index (χ0) is 20.1. The van der Waals surface area contributed by atoms with E-state index in [9.17, 15) is 9.59 Å². The van der Waals surface area contributed by atoms with Crippen molar-refractivity contribution in [3.05, 3.63) is 46.8 Å². The Labute approximate surface area is 165 Å². The van der Waals surface area contributed by atoms with E-state index in [4.69, 9.17) is 0 Å². The largest absolute Gasteiger partial charge is 0.355 e. The summed E-state index contributed by atoms with van der Waals surface area (Å²) in [5.74, 6) is -0.462. The molecule has 28 heavy (non-hydrogen) atoms. The van der Waals surface area contributed by atoms with Crippen molar-refractivity contribution in [1.82, 2.24) is 20.8 Å². The highest BCUT2D eigenvalue weighted by Crippen LogP contribution is 2.19. The Morgan fingerprint density at radius 2 is 1.75 bits per heavy atom. The molecule has 1 aromatic heterocycles. The van der Waals surface area contributed by atoms with E-state index in [1.54, 1.807) is 0 Å². The van der Waals surface area contributed by atoms with Crippen LogP contribution in [0.1, 0.15) is 28.9 Å². The summed E-state index contributed by atoms with van der Waals surface area (Å²) in [4.78, 5) is 25.1. The lowest BCUT2D eigenvalue weighted by Gasteiger charge is -2.28. The van der Waals surface area contributed by atoms with Crippen LogP contribution in [0.3, 0.4) is 0 Å². The highest BCUT2D eigenvalue weighted by Gasteiger charge is 2.31. The quantitative estimate of drug-likeness (QED) is 0.612. The monoisotopic (exact) mass is 383 g/mol. The second-order valence-electron chi connectivity index (χ2n) is 7.60. The smallest absolute Gasteiger partial charge is 0.228 e. The first kappa shape index (κ1) is 20.1. The summed E-state index contributed by atoms with van der Waals surface area (Å²) < 4.78 is 0. The summed E-state index contributed by atoms with van der Waals surface area (Å²) in [5.41, 5.74) is 5.10. The van der Waals surface area contributed by atoms with Gasteiger partial charge < -0.3 is 16.0 Å². The maximum atomic E-state index is 12.6. The number of aromatic amines is 1. The molecule has 4 N–H and O–H groups in total. The summed E-state index contributed by atoms with van der Waals surface area (Å²) in [5, 5.41) is 16.3. The molecule has 2 amide bonds. The first-order valence-corrected chi connectivity index (χ1v) is 9.80. The predicted molar refractivity (Wildman–Crippen MR) is 109 cm³/mol. The fourth-order valence-electron chi connectivity index (χ4n) is 3.62. The average molecular weight is 383 g/mol. The summed E-state index contributed by atoms with van der Waals surface area (Å²) >= 11 is 0. The van der Waals surface area contributed by atoms with E-state index in [0.29, 0.717) is 26.1 Å². The molecular weight excluding hydrogens is 354 g/mol. The van der Waals surface area contributed by atoms with Crippen molar-refractivity contribution >= 4 is 17.5 Å². The molecule has 1 saturated heterocycles. The number of nitrogens with zero attached hydrogens (tertiary/aromatic N) is 1. The van der Waals surface area contributed by atoms with Gasteiger partial charge in [-0.1, -0.05) is 17.7 Å². The van der Waals surface area contributed by atoms with Crippen LogP contribution < -0.4 is 16.0 Å². The molecule has 0 saturated carbocycles. The normalized spacial score (nSPS) is 19.2. The number of benzene rings is 1. The van der Waals surface area contributed by atoms with E-state index in [2.05, 4.69) is 26.1 Å². The van der Waals surface area contributed by atoms with Crippen LogP contribution in [0, 0.1) is 32.6 Å². The van der Waals surface area contributed by atoms with Crippen molar-refractivity contribution in [1.29, 1.82) is 0 Å². The highest BCUT2D eigenvalue weighted by molar-refractivity contribution is 5.93. The Kier molecular flexibility index (Phi) is 6.46. The second-order valence-corrected chi connectivity index (χ2v) is 7.60. The second kappa shape index (κ2) is 9.01. The van der Waals surface area contributed by atoms with Gasteiger partial charge in [-0.15, -0.1) is 0 Å². The van der Waals surface area contributed by atoms with Gasteiger partial charge in [0.25, 0.3) is 0 Å². The molecule has 0 bridgehead atoms. The standard InChI is InChI=1S/C21H29N5O2/c1-13-4-6-18(7-5-13)24-21(28)17-10-16(11-22-12-17)20(27)23-9-8-19-14(2)25-26-15(19)3/h4-7,16-17,22H,8-12H2,1-3H3,(H,23,27)(H,24,28)(H,25,26)/t16-,17+/m1/s1. The van der Waals surface area contributed by atoms with Gasteiger partial charge in [-0.2, -0.15) is 5.10 Å². The van der Waals surface area contributed by atoms with Crippen LogP contribution in [0.2, 0.25) is 0 Å². The van der Waals surface area contributed by atoms with Crippen LogP contribution >= 0.6 is 0 Å². The number of carbonyl (C=O) groups is 2. The lowest BCUT2D eigenvalue weighted by atomic mass is 9.89. The van der Waals surface area contributed by atoms with E-state index < -0.39 is 0 Å². The van der Waals surface area contributed by atoms with Crippen molar-refractivity contribution in [3.8, 4) is 0 Å². The number of hydrogen-bond donors (Lipinski definition) is 4. The number of rotatable bonds is 6. The molecule has 2 heterocycles. The fourth-order valence-corrected chi connectivity index (χ4v) is 3.62. The van der Waals surface area contributed by atoms with Crippen molar-refractivity contribution in [2.75, 3.05) is 25.0 Å². The van der Waals surface area contributed by atoms with Gasteiger partial charge in [0.2, 0.25) is 11.8 Å². The number of piperidine rings is 1. The summed E-state index contributed by atoms with van der Waals surface area (Å²) in [6.45, 7) is 7.72. The Hall–Kier alpha value is -2.67. The SMILES string of the molecule is Cc1ccc(NC(=O)[C@@H]2CNC[C@H](C(=O)NCCc3c(C)n[nH]c3C)C2)cc1. The number of nitrogens with one attached hydrogen (secondary N) is 4. The summed E-state index contributed by atoms with van der Waals surface area (Å²) in [7, 11) is 0. The number of aromatic nitrogens is 2. The van der Waals surface area contributed by atoms with E-state index in [0.717, 1.165) is 34.6 Å². The zero-order valence-electron chi connectivity index (χ0n) is 16.8. The lowest BCUT2D eigenvalue weighted by molar-refractivity contribution is -0.127. The highest BCUT2D eigenvalue weighted by atomic mass is 16.2. The van der Waals surface area contributed by atoms with Crippen molar-refractivity contribution in [2.24, 2.45) is 11.8 Å². The van der Waals surface area contributed by atoms with Gasteiger partial charge in [-0.05, 0) is 51.3 Å². The molecule has 2 atom stereocenters. The van der Waals surface area contributed by atoms with Crippen molar-refractivity contribution < 1.29 is 9.59 Å². The molecule has 3 rings (SSSR count). The summed E-state index contributed by atoms with van der Waals surface area (Å²) in [6.07, 6.45) is 1.30. The molecule has 0 spiro atoms. The minimum atomic E-state index is -0.218. The molecule has 150 valence electrons. The number of amides is 2. The molecule has 7 heteroatoms. The Morgan fingerprint density at radius 3 is 2.39 bits per heavy atom. The average Bonchev–Trinajstić information content (AvgIpc) is 3.01. The Bertz CT molecular complexity index is 808. The third-order valence-electron chi connectivity index (χ3n) is 5.37. The van der Waals surface area contributed by atoms with Crippen molar-refractivity contribution in [2.45, 2.75) is 33.6 Å². The predicted octanol–water partition coefficient (Wildman–Crippen LogP) is 1.86. The number of H-pyrrole nitrogens is 1. The maximum absolute atomic E-state index is 12.6. The molecule has 1 aliphatic heterocycles. The molecule has 2 aromatic rings. The van der Waals surface area contributed by atoms with Crippen molar-refractivity contribution in [3.63, 3.8) is 0 Å².